The largest absolute Gasteiger partial charge is 0.416 e. The molecule has 1 heterocycles. The lowest BCUT2D eigenvalue weighted by Crippen LogP contribution is -2.49. The van der Waals surface area contributed by atoms with Crippen molar-refractivity contribution in [3.8, 4) is 0 Å². The molecule has 1 aliphatic heterocycles. The van der Waals surface area contributed by atoms with Crippen LogP contribution in [-0.4, -0.2) is 47.8 Å². The number of carbonyl (C=O) groups is 2. The monoisotopic (exact) mass is 450 g/mol. The number of carbonyl (C=O) groups excluding carboxylic acids is 2. The summed E-state index contributed by atoms with van der Waals surface area (Å²) in [5.74, 6) is -0.367. The average molecular weight is 450 g/mol. The van der Waals surface area contributed by atoms with Crippen LogP contribution in [0, 0.1) is 10.1 Å². The standard InChI is InChI=1S/C21H21F3N4O4/c1-14(29)25-13-15-2-4-16(5-3-15)20(30)27-10-8-26(9-11-27)18-7-6-17(21(22,23)24)12-19(18)28(31)32/h2-7,12H,8-11,13H2,1H3,(H,25,29). The van der Waals surface area contributed by atoms with Crippen molar-refractivity contribution < 1.29 is 27.7 Å². The van der Waals surface area contributed by atoms with Gasteiger partial charge in [-0.15, -0.1) is 0 Å². The molecule has 1 fully saturated rings. The van der Waals surface area contributed by atoms with Crippen molar-refractivity contribution in [2.45, 2.75) is 19.6 Å². The number of anilines is 1. The quantitative estimate of drug-likeness (QED) is 0.558. The van der Waals surface area contributed by atoms with Gasteiger partial charge in [0.25, 0.3) is 11.6 Å². The van der Waals surface area contributed by atoms with Gasteiger partial charge in [0.15, 0.2) is 0 Å². The van der Waals surface area contributed by atoms with Crippen LogP contribution in [0.4, 0.5) is 24.5 Å². The maximum atomic E-state index is 12.9. The highest BCUT2D eigenvalue weighted by Crippen LogP contribution is 2.36. The second-order valence-corrected chi connectivity index (χ2v) is 7.34. The molecule has 170 valence electrons. The number of nitrogens with one attached hydrogen (secondary N) is 1. The normalized spacial score (nSPS) is 14.2. The number of alkyl halides is 3. The van der Waals surface area contributed by atoms with Gasteiger partial charge in [0.1, 0.15) is 5.69 Å². The van der Waals surface area contributed by atoms with Crippen LogP contribution < -0.4 is 10.2 Å². The first-order valence-electron chi connectivity index (χ1n) is 9.79. The number of nitro benzene ring substituents is 1. The van der Waals surface area contributed by atoms with Crippen LogP contribution >= 0.6 is 0 Å². The Balaban J connectivity index is 1.66. The molecule has 8 nitrogen and oxygen atoms in total. The van der Waals surface area contributed by atoms with E-state index in [1.807, 2.05) is 0 Å². The number of hydrogen-bond donors (Lipinski definition) is 1. The Morgan fingerprint density at radius 2 is 1.69 bits per heavy atom. The van der Waals surface area contributed by atoms with Crippen LogP contribution in [0.3, 0.4) is 0 Å². The van der Waals surface area contributed by atoms with Crippen molar-refractivity contribution in [1.29, 1.82) is 0 Å². The zero-order chi connectivity index (χ0) is 23.5. The first-order chi connectivity index (χ1) is 15.1. The van der Waals surface area contributed by atoms with Crippen molar-refractivity contribution in [3.05, 3.63) is 69.3 Å². The first kappa shape index (κ1) is 23.0. The summed E-state index contributed by atoms with van der Waals surface area (Å²) >= 11 is 0. The maximum Gasteiger partial charge on any atom is 0.416 e. The van der Waals surface area contributed by atoms with Gasteiger partial charge in [-0.2, -0.15) is 13.2 Å². The van der Waals surface area contributed by atoms with Crippen molar-refractivity contribution in [3.63, 3.8) is 0 Å². The van der Waals surface area contributed by atoms with Gasteiger partial charge in [0.2, 0.25) is 5.91 Å². The minimum absolute atomic E-state index is 0.0948. The summed E-state index contributed by atoms with van der Waals surface area (Å²) in [5.41, 5.74) is -0.294. The summed E-state index contributed by atoms with van der Waals surface area (Å²) in [6, 6.07) is 9.26. The molecule has 1 N–H and O–H groups in total. The summed E-state index contributed by atoms with van der Waals surface area (Å²) in [6.45, 7) is 2.80. The third-order valence-electron chi connectivity index (χ3n) is 5.15. The van der Waals surface area contributed by atoms with Crippen LogP contribution in [0.2, 0.25) is 0 Å². The molecule has 32 heavy (non-hydrogen) atoms. The SMILES string of the molecule is CC(=O)NCc1ccc(C(=O)N2CCN(c3ccc(C(F)(F)F)cc3[N+](=O)[O-])CC2)cc1. The number of amides is 2. The van der Waals surface area contributed by atoms with E-state index in [1.54, 1.807) is 34.1 Å². The molecule has 0 aliphatic carbocycles. The fourth-order valence-corrected chi connectivity index (χ4v) is 3.44. The van der Waals surface area contributed by atoms with Crippen LogP contribution in [0.1, 0.15) is 28.4 Å². The first-order valence-corrected chi connectivity index (χ1v) is 9.79. The Bertz CT molecular complexity index is 1020. The Hall–Kier alpha value is -3.63. The lowest BCUT2D eigenvalue weighted by Gasteiger charge is -2.36. The number of hydrogen-bond acceptors (Lipinski definition) is 5. The predicted octanol–water partition coefficient (Wildman–Crippen LogP) is 3.21. The van der Waals surface area contributed by atoms with E-state index in [-0.39, 0.29) is 43.7 Å². The summed E-state index contributed by atoms with van der Waals surface area (Å²) in [7, 11) is 0. The summed E-state index contributed by atoms with van der Waals surface area (Å²) in [4.78, 5) is 37.4. The van der Waals surface area contributed by atoms with Crippen molar-refractivity contribution >= 4 is 23.2 Å². The van der Waals surface area contributed by atoms with Gasteiger partial charge in [-0.05, 0) is 29.8 Å². The molecule has 0 saturated carbocycles. The maximum absolute atomic E-state index is 12.9. The molecule has 1 saturated heterocycles. The number of halogens is 3. The summed E-state index contributed by atoms with van der Waals surface area (Å²) in [5, 5.41) is 14.0. The zero-order valence-corrected chi connectivity index (χ0v) is 17.2. The van der Waals surface area contributed by atoms with Gasteiger partial charge >= 0.3 is 6.18 Å². The van der Waals surface area contributed by atoms with Gasteiger partial charge in [-0.25, -0.2) is 0 Å². The molecule has 11 heteroatoms. The second-order valence-electron chi connectivity index (χ2n) is 7.34. The third kappa shape index (κ3) is 5.34. The fraction of sp³-hybridized carbons (Fsp3) is 0.333. The Labute approximate surface area is 181 Å². The van der Waals surface area contributed by atoms with Gasteiger partial charge < -0.3 is 15.1 Å². The Kier molecular flexibility index (Phi) is 6.66. The van der Waals surface area contributed by atoms with Crippen molar-refractivity contribution in [2.75, 3.05) is 31.1 Å². The molecule has 1 aliphatic rings. The van der Waals surface area contributed by atoms with Crippen LogP contribution in [-0.2, 0) is 17.5 Å². The molecule has 0 spiro atoms. The van der Waals surface area contributed by atoms with E-state index in [2.05, 4.69) is 5.32 Å². The number of nitro groups is 1. The lowest BCUT2D eigenvalue weighted by atomic mass is 10.1. The van der Waals surface area contributed by atoms with E-state index < -0.39 is 22.4 Å². The highest BCUT2D eigenvalue weighted by atomic mass is 19.4. The molecule has 2 amide bonds. The lowest BCUT2D eigenvalue weighted by molar-refractivity contribution is -0.384. The van der Waals surface area contributed by atoms with Crippen LogP contribution in [0.25, 0.3) is 0 Å². The van der Waals surface area contributed by atoms with E-state index in [0.29, 0.717) is 18.2 Å². The van der Waals surface area contributed by atoms with E-state index in [0.717, 1.165) is 17.7 Å². The minimum Gasteiger partial charge on any atom is -0.362 e. The fourth-order valence-electron chi connectivity index (χ4n) is 3.44. The average Bonchev–Trinajstić information content (AvgIpc) is 2.76. The minimum atomic E-state index is -4.67. The Morgan fingerprint density at radius 3 is 2.22 bits per heavy atom. The summed E-state index contributed by atoms with van der Waals surface area (Å²) in [6.07, 6.45) is -4.67. The third-order valence-corrected chi connectivity index (χ3v) is 5.15. The second kappa shape index (κ2) is 9.25. The molecule has 0 bridgehead atoms. The molecule has 3 rings (SSSR count). The van der Waals surface area contributed by atoms with Gasteiger partial charge in [-0.1, -0.05) is 12.1 Å². The predicted molar refractivity (Wildman–Crippen MR) is 110 cm³/mol. The number of piperazine rings is 1. The highest BCUT2D eigenvalue weighted by Gasteiger charge is 2.34. The van der Waals surface area contributed by atoms with Gasteiger partial charge in [0.05, 0.1) is 10.5 Å². The highest BCUT2D eigenvalue weighted by molar-refractivity contribution is 5.94. The summed E-state index contributed by atoms with van der Waals surface area (Å²) < 4.78 is 38.7. The molecule has 2 aromatic carbocycles. The number of benzene rings is 2. The molecular weight excluding hydrogens is 429 g/mol. The van der Waals surface area contributed by atoms with Gasteiger partial charge in [-0.3, -0.25) is 19.7 Å². The molecule has 0 radical (unpaired) electrons. The van der Waals surface area contributed by atoms with Gasteiger partial charge in [0, 0.05) is 51.3 Å². The van der Waals surface area contributed by atoms with Crippen molar-refractivity contribution in [1.82, 2.24) is 10.2 Å². The molecule has 0 unspecified atom stereocenters. The van der Waals surface area contributed by atoms with Crippen LogP contribution in [0.5, 0.6) is 0 Å². The number of rotatable bonds is 5. The van der Waals surface area contributed by atoms with Crippen LogP contribution in [0.15, 0.2) is 42.5 Å². The molecule has 0 aromatic heterocycles. The van der Waals surface area contributed by atoms with E-state index in [4.69, 9.17) is 0 Å². The number of nitrogens with zero attached hydrogens (tertiary/aromatic N) is 3. The van der Waals surface area contributed by atoms with E-state index in [9.17, 15) is 32.9 Å². The van der Waals surface area contributed by atoms with E-state index in [1.165, 1.54) is 6.92 Å². The molecular formula is C21H21F3N4O4. The molecule has 2 aromatic rings. The zero-order valence-electron chi connectivity index (χ0n) is 17.2. The van der Waals surface area contributed by atoms with E-state index >= 15 is 0 Å². The Morgan fingerprint density at radius 1 is 1.06 bits per heavy atom. The van der Waals surface area contributed by atoms with Crippen molar-refractivity contribution in [2.24, 2.45) is 0 Å². The topological polar surface area (TPSA) is 95.8 Å². The smallest absolute Gasteiger partial charge is 0.362 e. The molecule has 0 atom stereocenters.